The molecule has 0 aromatic heterocycles. The largest absolute Gasteiger partial charge is 0.274 e. The highest BCUT2D eigenvalue weighted by Crippen LogP contribution is 2.28. The van der Waals surface area contributed by atoms with Gasteiger partial charge in [-0.1, -0.05) is 17.7 Å². The third kappa shape index (κ3) is 1.75. The van der Waals surface area contributed by atoms with Crippen molar-refractivity contribution >= 4 is 29.1 Å². The molecule has 1 aromatic rings. The van der Waals surface area contributed by atoms with Crippen LogP contribution >= 0.6 is 11.6 Å². The van der Waals surface area contributed by atoms with E-state index >= 15 is 0 Å². The summed E-state index contributed by atoms with van der Waals surface area (Å²) < 4.78 is 0. The summed E-state index contributed by atoms with van der Waals surface area (Å²) in [6.45, 7) is 1.85. The summed E-state index contributed by atoms with van der Waals surface area (Å²) >= 11 is 5.84. The van der Waals surface area contributed by atoms with Crippen LogP contribution in [0.2, 0.25) is 5.02 Å². The number of amides is 2. The van der Waals surface area contributed by atoms with E-state index in [-0.39, 0.29) is 11.8 Å². The molecule has 0 aliphatic carbocycles. The van der Waals surface area contributed by atoms with Crippen LogP contribution < -0.4 is 4.90 Å². The number of benzene rings is 1. The van der Waals surface area contributed by atoms with E-state index in [2.05, 4.69) is 0 Å². The van der Waals surface area contributed by atoms with Crippen molar-refractivity contribution in [2.75, 3.05) is 4.90 Å². The number of anilines is 1. The Morgan fingerprint density at radius 2 is 1.80 bits per heavy atom. The molecule has 1 aromatic carbocycles. The van der Waals surface area contributed by atoms with Gasteiger partial charge in [0, 0.05) is 17.9 Å². The fraction of sp³-hybridized carbons (Fsp3) is 0.273. The van der Waals surface area contributed by atoms with Crippen molar-refractivity contribution in [1.82, 2.24) is 0 Å². The monoisotopic (exact) mass is 223 g/mol. The standard InChI is InChI=1S/C11H10ClNO2/c1-7-2-3-8(12)6-9(7)13-10(14)4-5-11(13)15/h2-3,6H,4-5H2,1H3. The van der Waals surface area contributed by atoms with Crippen molar-refractivity contribution in [3.63, 3.8) is 0 Å². The zero-order chi connectivity index (χ0) is 11.0. The zero-order valence-corrected chi connectivity index (χ0v) is 9.04. The van der Waals surface area contributed by atoms with E-state index in [4.69, 9.17) is 11.6 Å². The van der Waals surface area contributed by atoms with Crippen LogP contribution in [0.1, 0.15) is 18.4 Å². The zero-order valence-electron chi connectivity index (χ0n) is 8.29. The van der Waals surface area contributed by atoms with Crippen LogP contribution in [0.4, 0.5) is 5.69 Å². The summed E-state index contributed by atoms with van der Waals surface area (Å²) in [5, 5.41) is 0.531. The van der Waals surface area contributed by atoms with E-state index in [1.165, 1.54) is 4.90 Å². The van der Waals surface area contributed by atoms with Gasteiger partial charge in [0.15, 0.2) is 0 Å². The van der Waals surface area contributed by atoms with Crippen molar-refractivity contribution in [3.8, 4) is 0 Å². The van der Waals surface area contributed by atoms with E-state index in [9.17, 15) is 9.59 Å². The summed E-state index contributed by atoms with van der Waals surface area (Å²) in [6.07, 6.45) is 0.593. The van der Waals surface area contributed by atoms with Crippen LogP contribution in [0.15, 0.2) is 18.2 Å². The highest BCUT2D eigenvalue weighted by Gasteiger charge is 2.31. The highest BCUT2D eigenvalue weighted by molar-refractivity contribution is 6.31. The van der Waals surface area contributed by atoms with Crippen LogP contribution in [0.25, 0.3) is 0 Å². The van der Waals surface area contributed by atoms with Gasteiger partial charge in [0.25, 0.3) is 0 Å². The average Bonchev–Trinajstić information content (AvgIpc) is 2.51. The fourth-order valence-electron chi connectivity index (χ4n) is 1.67. The number of carbonyl (C=O) groups excluding carboxylic acids is 2. The summed E-state index contributed by atoms with van der Waals surface area (Å²) in [7, 11) is 0. The van der Waals surface area contributed by atoms with Crippen LogP contribution in [-0.4, -0.2) is 11.8 Å². The van der Waals surface area contributed by atoms with E-state index in [1.807, 2.05) is 6.92 Å². The number of nitrogens with zero attached hydrogens (tertiary/aromatic N) is 1. The molecule has 0 saturated carbocycles. The summed E-state index contributed by atoms with van der Waals surface area (Å²) in [5.74, 6) is -0.296. The molecular formula is C11H10ClNO2. The first-order valence-electron chi connectivity index (χ1n) is 4.71. The number of aryl methyl sites for hydroxylation is 1. The van der Waals surface area contributed by atoms with E-state index in [0.717, 1.165) is 5.56 Å². The molecule has 15 heavy (non-hydrogen) atoms. The number of hydrogen-bond donors (Lipinski definition) is 0. The van der Waals surface area contributed by atoms with Crippen molar-refractivity contribution in [1.29, 1.82) is 0 Å². The molecule has 1 aliphatic rings. The SMILES string of the molecule is Cc1ccc(Cl)cc1N1C(=O)CCC1=O. The molecule has 3 nitrogen and oxygen atoms in total. The molecule has 2 rings (SSSR count). The number of rotatable bonds is 1. The fourth-order valence-corrected chi connectivity index (χ4v) is 1.84. The molecule has 0 unspecified atom stereocenters. The van der Waals surface area contributed by atoms with Gasteiger partial charge in [-0.05, 0) is 24.6 Å². The molecule has 4 heteroatoms. The second-order valence-electron chi connectivity index (χ2n) is 3.55. The minimum Gasteiger partial charge on any atom is -0.274 e. The van der Waals surface area contributed by atoms with E-state index in [1.54, 1.807) is 18.2 Å². The maximum Gasteiger partial charge on any atom is 0.234 e. The molecule has 0 atom stereocenters. The van der Waals surface area contributed by atoms with Crippen molar-refractivity contribution in [3.05, 3.63) is 28.8 Å². The van der Waals surface area contributed by atoms with Gasteiger partial charge in [-0.25, -0.2) is 0 Å². The molecule has 0 radical (unpaired) electrons. The average molecular weight is 224 g/mol. The number of halogens is 1. The van der Waals surface area contributed by atoms with Crippen molar-refractivity contribution in [2.24, 2.45) is 0 Å². The summed E-state index contributed by atoms with van der Waals surface area (Å²) in [6, 6.07) is 5.19. The van der Waals surface area contributed by atoms with Gasteiger partial charge in [-0.3, -0.25) is 14.5 Å². The Morgan fingerprint density at radius 3 is 2.40 bits per heavy atom. The Morgan fingerprint density at radius 1 is 1.20 bits per heavy atom. The second-order valence-corrected chi connectivity index (χ2v) is 3.99. The highest BCUT2D eigenvalue weighted by atomic mass is 35.5. The quantitative estimate of drug-likeness (QED) is 0.685. The van der Waals surface area contributed by atoms with Gasteiger partial charge < -0.3 is 0 Å². The lowest BCUT2D eigenvalue weighted by molar-refractivity contribution is -0.121. The van der Waals surface area contributed by atoms with Crippen LogP contribution in [0, 0.1) is 6.92 Å². The Bertz CT molecular complexity index is 426. The smallest absolute Gasteiger partial charge is 0.234 e. The van der Waals surface area contributed by atoms with Crippen LogP contribution in [0.3, 0.4) is 0 Å². The lowest BCUT2D eigenvalue weighted by atomic mass is 10.2. The predicted octanol–water partition coefficient (Wildman–Crippen LogP) is 2.30. The van der Waals surface area contributed by atoms with E-state index in [0.29, 0.717) is 23.6 Å². The first-order chi connectivity index (χ1) is 7.09. The Kier molecular flexibility index (Phi) is 2.49. The molecule has 2 amide bonds. The molecule has 1 saturated heterocycles. The van der Waals surface area contributed by atoms with Gasteiger partial charge in [-0.2, -0.15) is 0 Å². The molecule has 1 heterocycles. The lowest BCUT2D eigenvalue weighted by Crippen LogP contribution is -2.29. The predicted molar refractivity (Wildman–Crippen MR) is 57.9 cm³/mol. The van der Waals surface area contributed by atoms with E-state index < -0.39 is 0 Å². The lowest BCUT2D eigenvalue weighted by Gasteiger charge is -2.16. The van der Waals surface area contributed by atoms with Crippen LogP contribution in [0.5, 0.6) is 0 Å². The van der Waals surface area contributed by atoms with Gasteiger partial charge in [0.1, 0.15) is 0 Å². The maximum absolute atomic E-state index is 11.5. The molecule has 1 fully saturated rings. The molecule has 0 spiro atoms. The van der Waals surface area contributed by atoms with Gasteiger partial charge in [-0.15, -0.1) is 0 Å². The second kappa shape index (κ2) is 3.66. The number of carbonyl (C=O) groups is 2. The molecule has 78 valence electrons. The van der Waals surface area contributed by atoms with Gasteiger partial charge in [0.2, 0.25) is 11.8 Å². The Labute approximate surface area is 92.6 Å². The molecule has 0 N–H and O–H groups in total. The Hall–Kier alpha value is -1.35. The third-order valence-corrected chi connectivity index (χ3v) is 2.70. The first kappa shape index (κ1) is 10.2. The minimum absolute atomic E-state index is 0.148. The number of imide groups is 1. The van der Waals surface area contributed by atoms with Crippen molar-refractivity contribution in [2.45, 2.75) is 19.8 Å². The topological polar surface area (TPSA) is 37.4 Å². The number of hydrogen-bond acceptors (Lipinski definition) is 2. The Balaban J connectivity index is 2.48. The maximum atomic E-state index is 11.5. The van der Waals surface area contributed by atoms with Crippen LogP contribution in [-0.2, 0) is 9.59 Å². The molecular weight excluding hydrogens is 214 g/mol. The third-order valence-electron chi connectivity index (χ3n) is 2.46. The minimum atomic E-state index is -0.148. The van der Waals surface area contributed by atoms with Gasteiger partial charge >= 0.3 is 0 Å². The van der Waals surface area contributed by atoms with Gasteiger partial charge in [0.05, 0.1) is 5.69 Å². The normalized spacial score (nSPS) is 16.3. The summed E-state index contributed by atoms with van der Waals surface area (Å²) in [4.78, 5) is 24.2. The molecule has 0 bridgehead atoms. The first-order valence-corrected chi connectivity index (χ1v) is 5.09. The summed E-state index contributed by atoms with van der Waals surface area (Å²) in [5.41, 5.74) is 1.48. The molecule has 1 aliphatic heterocycles. The van der Waals surface area contributed by atoms with Crippen molar-refractivity contribution < 1.29 is 9.59 Å².